The van der Waals surface area contributed by atoms with Gasteiger partial charge in [-0.2, -0.15) is 0 Å². The van der Waals surface area contributed by atoms with Crippen molar-refractivity contribution in [2.45, 2.75) is 57.4 Å². The number of hydrogen-bond acceptors (Lipinski definition) is 3. The highest BCUT2D eigenvalue weighted by molar-refractivity contribution is 8.00. The van der Waals surface area contributed by atoms with Gasteiger partial charge in [0.05, 0.1) is 4.87 Å². The zero-order valence-electron chi connectivity index (χ0n) is 11.0. The monoisotopic (exact) mass is 257 g/mol. The van der Waals surface area contributed by atoms with Gasteiger partial charge in [0.1, 0.15) is 6.04 Å². The molecule has 1 spiro atoms. The van der Waals surface area contributed by atoms with Crippen LogP contribution in [0.1, 0.15) is 46.5 Å². The number of carboxylic acid groups (broad SMARTS) is 1. The fourth-order valence-corrected chi connectivity index (χ4v) is 5.57. The molecule has 0 radical (unpaired) electrons. The van der Waals surface area contributed by atoms with Crippen LogP contribution < -0.4 is 5.32 Å². The molecule has 3 atom stereocenters. The van der Waals surface area contributed by atoms with Crippen LogP contribution >= 0.6 is 11.8 Å². The van der Waals surface area contributed by atoms with Gasteiger partial charge in [0, 0.05) is 0 Å². The maximum Gasteiger partial charge on any atom is 0.320 e. The van der Waals surface area contributed by atoms with Crippen LogP contribution in [0.5, 0.6) is 0 Å². The first-order valence-electron chi connectivity index (χ1n) is 6.46. The summed E-state index contributed by atoms with van der Waals surface area (Å²) in [6, 6.07) is -0.350. The summed E-state index contributed by atoms with van der Waals surface area (Å²) in [5.74, 6) is 0.944. The Morgan fingerprint density at radius 2 is 2.12 bits per heavy atom. The topological polar surface area (TPSA) is 49.3 Å². The second kappa shape index (κ2) is 4.47. The Morgan fingerprint density at radius 1 is 1.41 bits per heavy atom. The molecule has 0 amide bonds. The number of carboxylic acids is 1. The molecule has 2 rings (SSSR count). The molecule has 0 bridgehead atoms. The normalized spacial score (nSPS) is 41.4. The van der Waals surface area contributed by atoms with E-state index in [1.165, 1.54) is 6.42 Å². The molecule has 4 heteroatoms. The standard InChI is InChI=1S/C13H23NO2S/c1-9-6-12(2,3)8-13(7-9)14-10(11(15)16)4-5-17-13/h9-10,14H,4-8H2,1-3H3,(H,15,16). The summed E-state index contributed by atoms with van der Waals surface area (Å²) in [4.78, 5) is 11.2. The maximum atomic E-state index is 11.2. The van der Waals surface area contributed by atoms with Gasteiger partial charge in [0.2, 0.25) is 0 Å². The minimum absolute atomic E-state index is 0.00245. The van der Waals surface area contributed by atoms with E-state index in [9.17, 15) is 9.90 Å². The third-order valence-corrected chi connectivity index (χ3v) is 5.28. The summed E-state index contributed by atoms with van der Waals surface area (Å²) in [5.41, 5.74) is 0.318. The van der Waals surface area contributed by atoms with E-state index < -0.39 is 5.97 Å². The molecule has 2 aliphatic rings. The molecule has 98 valence electrons. The molecule has 3 unspecified atom stereocenters. The molecular weight excluding hydrogens is 234 g/mol. The molecule has 2 N–H and O–H groups in total. The Balaban J connectivity index is 2.14. The van der Waals surface area contributed by atoms with E-state index in [1.807, 2.05) is 11.8 Å². The van der Waals surface area contributed by atoms with Crippen molar-refractivity contribution in [3.63, 3.8) is 0 Å². The largest absolute Gasteiger partial charge is 0.480 e. The van der Waals surface area contributed by atoms with Gasteiger partial charge in [0.15, 0.2) is 0 Å². The molecular formula is C13H23NO2S. The number of carbonyl (C=O) groups is 1. The predicted molar refractivity (Wildman–Crippen MR) is 71.2 cm³/mol. The number of rotatable bonds is 1. The minimum Gasteiger partial charge on any atom is -0.480 e. The van der Waals surface area contributed by atoms with Gasteiger partial charge in [0.25, 0.3) is 0 Å². The van der Waals surface area contributed by atoms with Gasteiger partial charge in [-0.25, -0.2) is 0 Å². The molecule has 1 heterocycles. The van der Waals surface area contributed by atoms with Crippen LogP contribution in [0.15, 0.2) is 0 Å². The van der Waals surface area contributed by atoms with Gasteiger partial charge < -0.3 is 5.11 Å². The van der Waals surface area contributed by atoms with Crippen molar-refractivity contribution >= 4 is 17.7 Å². The van der Waals surface area contributed by atoms with Crippen LogP contribution in [0.4, 0.5) is 0 Å². The predicted octanol–water partition coefficient (Wildman–Crippen LogP) is 2.71. The minimum atomic E-state index is -0.694. The lowest BCUT2D eigenvalue weighted by molar-refractivity contribution is -0.140. The number of aliphatic carboxylic acids is 1. The second-order valence-corrected chi connectivity index (χ2v) is 8.00. The number of hydrogen-bond donors (Lipinski definition) is 2. The Bertz CT molecular complexity index is 319. The molecule has 0 aromatic heterocycles. The van der Waals surface area contributed by atoms with Crippen molar-refractivity contribution in [3.05, 3.63) is 0 Å². The molecule has 17 heavy (non-hydrogen) atoms. The van der Waals surface area contributed by atoms with Crippen LogP contribution in [0.2, 0.25) is 0 Å². The lowest BCUT2D eigenvalue weighted by Gasteiger charge is -2.50. The van der Waals surface area contributed by atoms with Crippen LogP contribution in [0.25, 0.3) is 0 Å². The average molecular weight is 257 g/mol. The lowest BCUT2D eigenvalue weighted by atomic mass is 9.70. The third-order valence-electron chi connectivity index (χ3n) is 3.86. The van der Waals surface area contributed by atoms with Crippen molar-refractivity contribution in [2.24, 2.45) is 11.3 Å². The first-order chi connectivity index (χ1) is 7.82. The summed E-state index contributed by atoms with van der Waals surface area (Å²) >= 11 is 1.94. The highest BCUT2D eigenvalue weighted by Gasteiger charge is 2.46. The second-order valence-electron chi connectivity index (χ2n) is 6.52. The fraction of sp³-hybridized carbons (Fsp3) is 0.923. The van der Waals surface area contributed by atoms with E-state index in [4.69, 9.17) is 0 Å². The zero-order chi connectivity index (χ0) is 12.7. The molecule has 3 nitrogen and oxygen atoms in total. The molecule has 2 fully saturated rings. The van der Waals surface area contributed by atoms with Gasteiger partial charge in [-0.1, -0.05) is 20.8 Å². The number of nitrogens with one attached hydrogen (secondary N) is 1. The van der Waals surface area contributed by atoms with Gasteiger partial charge in [-0.15, -0.1) is 11.8 Å². The SMILES string of the molecule is CC1CC(C)(C)CC2(C1)NC(C(=O)O)CCS2. The highest BCUT2D eigenvalue weighted by Crippen LogP contribution is 2.50. The van der Waals surface area contributed by atoms with E-state index >= 15 is 0 Å². The van der Waals surface area contributed by atoms with E-state index in [0.29, 0.717) is 11.3 Å². The van der Waals surface area contributed by atoms with Crippen molar-refractivity contribution in [2.75, 3.05) is 5.75 Å². The summed E-state index contributed by atoms with van der Waals surface area (Å²) in [6.45, 7) is 6.89. The first-order valence-corrected chi connectivity index (χ1v) is 7.45. The third kappa shape index (κ3) is 2.97. The van der Waals surface area contributed by atoms with Gasteiger partial charge in [-0.05, 0) is 42.8 Å². The molecule has 1 saturated carbocycles. The van der Waals surface area contributed by atoms with Crippen molar-refractivity contribution in [1.82, 2.24) is 5.32 Å². The van der Waals surface area contributed by atoms with Crippen LogP contribution in [-0.2, 0) is 4.79 Å². The fourth-order valence-electron chi connectivity index (χ4n) is 3.70. The molecule has 1 saturated heterocycles. The lowest BCUT2D eigenvalue weighted by Crippen LogP contribution is -2.58. The smallest absolute Gasteiger partial charge is 0.320 e. The van der Waals surface area contributed by atoms with E-state index in [1.54, 1.807) is 0 Å². The quantitative estimate of drug-likeness (QED) is 0.758. The van der Waals surface area contributed by atoms with Gasteiger partial charge in [-0.3, -0.25) is 10.1 Å². The molecule has 0 aromatic carbocycles. The van der Waals surface area contributed by atoms with Crippen molar-refractivity contribution < 1.29 is 9.90 Å². The Kier molecular flexibility index (Phi) is 3.47. The van der Waals surface area contributed by atoms with Crippen LogP contribution in [0.3, 0.4) is 0 Å². The first kappa shape index (κ1) is 13.2. The molecule has 1 aliphatic heterocycles. The van der Waals surface area contributed by atoms with Crippen molar-refractivity contribution in [3.8, 4) is 0 Å². The van der Waals surface area contributed by atoms with E-state index in [0.717, 1.165) is 25.0 Å². The molecule has 1 aliphatic carbocycles. The summed E-state index contributed by atoms with van der Waals surface area (Å²) in [5, 5.41) is 12.6. The van der Waals surface area contributed by atoms with Crippen LogP contribution in [0, 0.1) is 11.3 Å². The summed E-state index contributed by atoms with van der Waals surface area (Å²) in [7, 11) is 0. The zero-order valence-corrected chi connectivity index (χ0v) is 11.8. The number of thioether (sulfide) groups is 1. The Hall–Kier alpha value is -0.220. The highest BCUT2D eigenvalue weighted by atomic mass is 32.2. The summed E-state index contributed by atoms with van der Waals surface area (Å²) < 4.78 is 0. The van der Waals surface area contributed by atoms with Crippen LogP contribution in [-0.4, -0.2) is 27.7 Å². The molecule has 0 aromatic rings. The van der Waals surface area contributed by atoms with Crippen molar-refractivity contribution in [1.29, 1.82) is 0 Å². The Morgan fingerprint density at radius 3 is 2.71 bits per heavy atom. The van der Waals surface area contributed by atoms with E-state index in [2.05, 4.69) is 26.1 Å². The van der Waals surface area contributed by atoms with E-state index in [-0.39, 0.29) is 10.9 Å². The van der Waals surface area contributed by atoms with Gasteiger partial charge >= 0.3 is 5.97 Å². The summed E-state index contributed by atoms with van der Waals surface area (Å²) in [6.07, 6.45) is 4.18. The Labute approximate surface area is 108 Å². The average Bonchev–Trinajstić information content (AvgIpc) is 2.13. The maximum absolute atomic E-state index is 11.2.